The quantitative estimate of drug-likeness (QED) is 0.477. The number of H-pyrrole nitrogens is 1. The van der Waals surface area contributed by atoms with Gasteiger partial charge in [0, 0.05) is 29.7 Å². The van der Waals surface area contributed by atoms with Gasteiger partial charge in [-0.05, 0) is 36.4 Å². The molecule has 2 aromatic heterocycles. The fraction of sp³-hybridized carbons (Fsp3) is 0.150. The summed E-state index contributed by atoms with van der Waals surface area (Å²) in [4.78, 5) is 30.1. The smallest absolute Gasteiger partial charge is 0.439 e. The molecule has 2 heterocycles. The molecule has 0 aliphatic carbocycles. The summed E-state index contributed by atoms with van der Waals surface area (Å²) in [6.07, 6.45) is 0.459. The summed E-state index contributed by atoms with van der Waals surface area (Å²) in [5, 5.41) is 10.4. The molecule has 0 fully saturated rings. The number of hydrogen-bond donors (Lipinski definition) is 2. The van der Waals surface area contributed by atoms with Gasteiger partial charge in [0.15, 0.2) is 5.82 Å². The molecule has 0 radical (unpaired) electrons. The van der Waals surface area contributed by atoms with Gasteiger partial charge in [-0.25, -0.2) is 4.79 Å². The van der Waals surface area contributed by atoms with Gasteiger partial charge >= 0.3 is 5.76 Å². The maximum atomic E-state index is 12.3. The van der Waals surface area contributed by atoms with Crippen molar-refractivity contribution in [1.82, 2.24) is 20.3 Å². The highest BCUT2D eigenvalue weighted by molar-refractivity contribution is 5.91. The van der Waals surface area contributed by atoms with Crippen LogP contribution in [0.25, 0.3) is 22.8 Å². The Morgan fingerprint density at radius 3 is 2.67 bits per heavy atom. The molecule has 0 saturated carbocycles. The number of amides is 1. The van der Waals surface area contributed by atoms with Gasteiger partial charge < -0.3 is 14.6 Å². The molecule has 1 amide bonds. The lowest BCUT2D eigenvalue weighted by Crippen LogP contribution is -2.12. The number of ether oxygens (including phenoxy) is 1. The second kappa shape index (κ2) is 8.43. The molecule has 10 heteroatoms. The average molecular weight is 407 g/mol. The maximum absolute atomic E-state index is 12.3. The van der Waals surface area contributed by atoms with E-state index in [-0.39, 0.29) is 18.2 Å². The van der Waals surface area contributed by atoms with Crippen molar-refractivity contribution in [2.24, 2.45) is 0 Å². The van der Waals surface area contributed by atoms with E-state index in [4.69, 9.17) is 9.26 Å². The van der Waals surface area contributed by atoms with E-state index < -0.39 is 5.76 Å². The summed E-state index contributed by atoms with van der Waals surface area (Å²) >= 11 is 0. The summed E-state index contributed by atoms with van der Waals surface area (Å²) in [5.41, 5.74) is 1.96. The van der Waals surface area contributed by atoms with E-state index >= 15 is 0 Å². The normalized spacial score (nSPS) is 10.7. The number of aromatic nitrogens is 4. The van der Waals surface area contributed by atoms with Crippen LogP contribution in [0.15, 0.2) is 62.4 Å². The predicted octanol–water partition coefficient (Wildman–Crippen LogP) is 2.66. The zero-order valence-corrected chi connectivity index (χ0v) is 15.9. The molecular formula is C20H17N5O5. The highest BCUT2D eigenvalue weighted by Gasteiger charge is 2.12. The summed E-state index contributed by atoms with van der Waals surface area (Å²) in [7, 11) is 1.60. The zero-order valence-electron chi connectivity index (χ0n) is 15.9. The second-order valence-electron chi connectivity index (χ2n) is 6.31. The molecular weight excluding hydrogens is 390 g/mol. The Hall–Kier alpha value is -4.21. The predicted molar refractivity (Wildman–Crippen MR) is 106 cm³/mol. The standard InChI is InChI=1S/C20H17N5O5/c1-28-15-7-5-12(6-8-15)18-22-17(29-24-18)10-9-16(26)21-14-4-2-3-13(11-14)19-23-20(27)30-25-19/h2-8,11H,9-10H2,1H3,(H,21,26)(H,23,25,27). The number of carbonyl (C=O) groups is 1. The molecule has 0 bridgehead atoms. The van der Waals surface area contributed by atoms with Crippen molar-refractivity contribution < 1.29 is 18.6 Å². The summed E-state index contributed by atoms with van der Waals surface area (Å²) in [6.45, 7) is 0. The number of nitrogens with one attached hydrogen (secondary N) is 2. The minimum absolute atomic E-state index is 0.162. The van der Waals surface area contributed by atoms with Gasteiger partial charge in [0.25, 0.3) is 0 Å². The zero-order chi connectivity index (χ0) is 20.9. The highest BCUT2D eigenvalue weighted by Crippen LogP contribution is 2.21. The first-order valence-corrected chi connectivity index (χ1v) is 9.04. The van der Waals surface area contributed by atoms with Crippen LogP contribution in [0.2, 0.25) is 0 Å². The number of carbonyl (C=O) groups excluding carboxylic acids is 1. The van der Waals surface area contributed by atoms with Crippen LogP contribution < -0.4 is 15.8 Å². The second-order valence-corrected chi connectivity index (χ2v) is 6.31. The molecule has 152 valence electrons. The Kier molecular flexibility index (Phi) is 5.37. The van der Waals surface area contributed by atoms with E-state index in [0.717, 1.165) is 11.3 Å². The van der Waals surface area contributed by atoms with E-state index in [0.29, 0.717) is 29.4 Å². The van der Waals surface area contributed by atoms with Crippen molar-refractivity contribution >= 4 is 11.6 Å². The van der Waals surface area contributed by atoms with E-state index in [1.54, 1.807) is 31.4 Å². The van der Waals surface area contributed by atoms with Crippen LogP contribution in [0, 0.1) is 0 Å². The van der Waals surface area contributed by atoms with Crippen LogP contribution in [0.3, 0.4) is 0 Å². The fourth-order valence-corrected chi connectivity index (χ4v) is 2.76. The number of rotatable bonds is 7. The number of anilines is 1. The third kappa shape index (κ3) is 4.43. The van der Waals surface area contributed by atoms with Gasteiger partial charge in [0.1, 0.15) is 5.75 Å². The Morgan fingerprint density at radius 1 is 1.10 bits per heavy atom. The van der Waals surface area contributed by atoms with Crippen molar-refractivity contribution in [3.63, 3.8) is 0 Å². The molecule has 0 atom stereocenters. The van der Waals surface area contributed by atoms with Crippen molar-refractivity contribution in [3.8, 4) is 28.5 Å². The number of nitrogens with zero attached hydrogens (tertiary/aromatic N) is 3. The highest BCUT2D eigenvalue weighted by atomic mass is 16.5. The van der Waals surface area contributed by atoms with Gasteiger partial charge in [-0.1, -0.05) is 22.4 Å². The van der Waals surface area contributed by atoms with Crippen molar-refractivity contribution in [2.75, 3.05) is 12.4 Å². The minimum atomic E-state index is -0.645. The van der Waals surface area contributed by atoms with Crippen LogP contribution in [-0.4, -0.2) is 33.3 Å². The lowest BCUT2D eigenvalue weighted by atomic mass is 10.2. The first kappa shape index (κ1) is 19.1. The molecule has 4 aromatic rings. The molecule has 2 N–H and O–H groups in total. The van der Waals surface area contributed by atoms with Gasteiger partial charge in [-0.3, -0.25) is 14.3 Å². The lowest BCUT2D eigenvalue weighted by Gasteiger charge is -2.05. The minimum Gasteiger partial charge on any atom is -0.497 e. The van der Waals surface area contributed by atoms with Gasteiger partial charge in [0.2, 0.25) is 17.6 Å². The van der Waals surface area contributed by atoms with Crippen molar-refractivity contribution in [1.29, 1.82) is 0 Å². The van der Waals surface area contributed by atoms with Crippen molar-refractivity contribution in [2.45, 2.75) is 12.8 Å². The summed E-state index contributed by atoms with van der Waals surface area (Å²) < 4.78 is 14.9. The third-order valence-corrected chi connectivity index (χ3v) is 4.24. The number of hydrogen-bond acceptors (Lipinski definition) is 8. The molecule has 0 aliphatic heterocycles. The SMILES string of the molecule is COc1ccc(-c2noc(CCC(=O)Nc3cccc(-c4noc(=O)[nH]4)c3)n2)cc1. The molecule has 4 rings (SSSR count). The van der Waals surface area contributed by atoms with Crippen molar-refractivity contribution in [3.05, 3.63) is 65.0 Å². The van der Waals surface area contributed by atoms with Crippen LogP contribution in [0.4, 0.5) is 5.69 Å². The lowest BCUT2D eigenvalue weighted by molar-refractivity contribution is -0.116. The van der Waals surface area contributed by atoms with Crippen LogP contribution in [-0.2, 0) is 11.2 Å². The molecule has 0 spiro atoms. The Balaban J connectivity index is 1.35. The van der Waals surface area contributed by atoms with Gasteiger partial charge in [0.05, 0.1) is 7.11 Å². The molecule has 2 aromatic carbocycles. The Bertz CT molecular complexity index is 1210. The first-order valence-electron chi connectivity index (χ1n) is 9.04. The number of aromatic amines is 1. The van der Waals surface area contributed by atoms with Crippen LogP contribution in [0.5, 0.6) is 5.75 Å². The molecule has 0 aliphatic rings. The van der Waals surface area contributed by atoms with Crippen LogP contribution in [0.1, 0.15) is 12.3 Å². The number of methoxy groups -OCH3 is 1. The van der Waals surface area contributed by atoms with E-state index in [1.807, 2.05) is 24.3 Å². The molecule has 30 heavy (non-hydrogen) atoms. The van der Waals surface area contributed by atoms with Crippen LogP contribution >= 0.6 is 0 Å². The largest absolute Gasteiger partial charge is 0.497 e. The Morgan fingerprint density at radius 2 is 1.93 bits per heavy atom. The fourth-order valence-electron chi connectivity index (χ4n) is 2.76. The average Bonchev–Trinajstić information content (AvgIpc) is 3.42. The molecule has 0 saturated heterocycles. The third-order valence-electron chi connectivity index (χ3n) is 4.24. The Labute approximate surface area is 169 Å². The van der Waals surface area contributed by atoms with Gasteiger partial charge in [-0.15, -0.1) is 0 Å². The summed E-state index contributed by atoms with van der Waals surface area (Å²) in [6, 6.07) is 14.2. The topological polar surface area (TPSA) is 136 Å². The number of benzene rings is 2. The monoisotopic (exact) mass is 407 g/mol. The molecule has 0 unspecified atom stereocenters. The van der Waals surface area contributed by atoms with E-state index in [9.17, 15) is 9.59 Å². The van der Waals surface area contributed by atoms with E-state index in [2.05, 4.69) is 30.1 Å². The van der Waals surface area contributed by atoms with Gasteiger partial charge in [-0.2, -0.15) is 4.98 Å². The van der Waals surface area contributed by atoms with E-state index in [1.165, 1.54) is 0 Å². The maximum Gasteiger partial charge on any atom is 0.439 e. The summed E-state index contributed by atoms with van der Waals surface area (Å²) in [5.74, 6) is 0.969. The molecule has 10 nitrogen and oxygen atoms in total. The first-order chi connectivity index (χ1) is 14.6. The number of aryl methyl sites for hydroxylation is 1.